The van der Waals surface area contributed by atoms with Gasteiger partial charge in [-0.05, 0) is 26.1 Å². The van der Waals surface area contributed by atoms with Crippen LogP contribution in [-0.2, 0) is 17.8 Å². The molecule has 0 saturated heterocycles. The molecule has 2 heterocycles. The van der Waals surface area contributed by atoms with E-state index < -0.39 is 0 Å². The molecular weight excluding hydrogens is 276 g/mol. The third-order valence-corrected chi connectivity index (χ3v) is 3.67. The summed E-state index contributed by atoms with van der Waals surface area (Å²) in [5.74, 6) is 0. The van der Waals surface area contributed by atoms with Crippen LogP contribution in [0.3, 0.4) is 0 Å². The number of methoxy groups -OCH3 is 1. The summed E-state index contributed by atoms with van der Waals surface area (Å²) in [5, 5.41) is 4.50. The van der Waals surface area contributed by atoms with E-state index in [0.29, 0.717) is 6.61 Å². The minimum atomic E-state index is 0.119. The van der Waals surface area contributed by atoms with Gasteiger partial charge in [-0.15, -0.1) is 6.58 Å². The molecule has 0 aliphatic rings. The lowest BCUT2D eigenvalue weighted by Gasteiger charge is -2.26. The first kappa shape index (κ1) is 16.4. The molecular formula is C17H24N4O. The van der Waals surface area contributed by atoms with Crippen molar-refractivity contribution in [2.45, 2.75) is 26.1 Å². The van der Waals surface area contributed by atoms with E-state index in [1.165, 1.54) is 5.56 Å². The van der Waals surface area contributed by atoms with Crippen molar-refractivity contribution in [3.63, 3.8) is 0 Å². The molecule has 0 aliphatic carbocycles. The molecule has 118 valence electrons. The summed E-state index contributed by atoms with van der Waals surface area (Å²) in [5.41, 5.74) is 3.27. The van der Waals surface area contributed by atoms with Gasteiger partial charge in [0.1, 0.15) is 0 Å². The van der Waals surface area contributed by atoms with Gasteiger partial charge in [0.2, 0.25) is 0 Å². The summed E-state index contributed by atoms with van der Waals surface area (Å²) in [7, 11) is 3.81. The van der Waals surface area contributed by atoms with Crippen LogP contribution in [0.4, 0.5) is 0 Å². The number of rotatable bonds is 8. The van der Waals surface area contributed by atoms with Crippen LogP contribution >= 0.6 is 0 Å². The Morgan fingerprint density at radius 1 is 1.45 bits per heavy atom. The lowest BCUT2D eigenvalue weighted by atomic mass is 10.1. The Bertz CT molecular complexity index is 594. The number of hydrogen-bond donors (Lipinski definition) is 0. The quantitative estimate of drug-likeness (QED) is 0.703. The molecule has 2 aromatic rings. The fraction of sp³-hybridized carbons (Fsp3) is 0.412. The smallest absolute Gasteiger partial charge is 0.0757 e. The van der Waals surface area contributed by atoms with Crippen molar-refractivity contribution >= 4 is 0 Å². The molecule has 5 heteroatoms. The second-order valence-electron chi connectivity index (χ2n) is 5.39. The molecule has 0 aromatic carbocycles. The van der Waals surface area contributed by atoms with Gasteiger partial charge in [0, 0.05) is 31.6 Å². The van der Waals surface area contributed by atoms with Gasteiger partial charge < -0.3 is 4.74 Å². The molecule has 0 saturated carbocycles. The average molecular weight is 300 g/mol. The van der Waals surface area contributed by atoms with E-state index in [0.717, 1.165) is 24.5 Å². The third-order valence-electron chi connectivity index (χ3n) is 3.67. The van der Waals surface area contributed by atoms with Crippen molar-refractivity contribution < 1.29 is 4.74 Å². The minimum Gasteiger partial charge on any atom is -0.383 e. The van der Waals surface area contributed by atoms with Crippen molar-refractivity contribution in [3.8, 4) is 0 Å². The predicted octanol–water partition coefficient (Wildman–Crippen LogP) is 2.59. The van der Waals surface area contributed by atoms with Crippen LogP contribution in [0.1, 0.15) is 23.0 Å². The van der Waals surface area contributed by atoms with Crippen LogP contribution < -0.4 is 0 Å². The van der Waals surface area contributed by atoms with Crippen molar-refractivity contribution in [1.29, 1.82) is 0 Å². The second-order valence-corrected chi connectivity index (χ2v) is 5.39. The van der Waals surface area contributed by atoms with Crippen LogP contribution in [-0.4, -0.2) is 40.4 Å². The topological polar surface area (TPSA) is 43.2 Å². The summed E-state index contributed by atoms with van der Waals surface area (Å²) in [6, 6.07) is 6.09. The number of likely N-dealkylation sites (N-methyl/N-ethyl adjacent to an activating group) is 1. The van der Waals surface area contributed by atoms with Crippen molar-refractivity contribution in [1.82, 2.24) is 19.7 Å². The highest BCUT2D eigenvalue weighted by Crippen LogP contribution is 2.20. The first-order valence-electron chi connectivity index (χ1n) is 7.39. The molecule has 1 atom stereocenters. The lowest BCUT2D eigenvalue weighted by Crippen LogP contribution is -2.28. The summed E-state index contributed by atoms with van der Waals surface area (Å²) >= 11 is 0. The van der Waals surface area contributed by atoms with Crippen LogP contribution in [0.15, 0.2) is 43.2 Å². The van der Waals surface area contributed by atoms with E-state index in [1.54, 1.807) is 7.11 Å². The number of nitrogens with zero attached hydrogens (tertiary/aromatic N) is 4. The summed E-state index contributed by atoms with van der Waals surface area (Å²) < 4.78 is 7.29. The van der Waals surface area contributed by atoms with Gasteiger partial charge in [0.05, 0.1) is 30.6 Å². The number of pyridine rings is 1. The van der Waals surface area contributed by atoms with Gasteiger partial charge in [-0.25, -0.2) is 0 Å². The zero-order valence-corrected chi connectivity index (χ0v) is 13.6. The Hall–Kier alpha value is -1.98. The summed E-state index contributed by atoms with van der Waals surface area (Å²) in [4.78, 5) is 6.71. The zero-order valence-electron chi connectivity index (χ0n) is 13.6. The molecule has 22 heavy (non-hydrogen) atoms. The Kier molecular flexibility index (Phi) is 5.86. The van der Waals surface area contributed by atoms with Crippen molar-refractivity contribution in [3.05, 3.63) is 60.2 Å². The van der Waals surface area contributed by atoms with E-state index in [1.807, 2.05) is 42.1 Å². The van der Waals surface area contributed by atoms with Crippen LogP contribution in [0.25, 0.3) is 0 Å². The molecule has 0 bridgehead atoms. The van der Waals surface area contributed by atoms with E-state index in [4.69, 9.17) is 4.74 Å². The largest absolute Gasteiger partial charge is 0.383 e. The third kappa shape index (κ3) is 4.02. The zero-order chi connectivity index (χ0) is 15.9. The normalized spacial score (nSPS) is 12.5. The van der Waals surface area contributed by atoms with E-state index in [-0.39, 0.29) is 6.04 Å². The van der Waals surface area contributed by atoms with E-state index in [9.17, 15) is 0 Å². The van der Waals surface area contributed by atoms with Gasteiger partial charge in [-0.1, -0.05) is 12.1 Å². The number of aromatic nitrogens is 3. The van der Waals surface area contributed by atoms with E-state index >= 15 is 0 Å². The lowest BCUT2D eigenvalue weighted by molar-refractivity contribution is 0.0999. The SMILES string of the molecule is C=CCn1cc(CN(C)[C@H](COC)c2ccccn2)c(C)n1. The van der Waals surface area contributed by atoms with Crippen LogP contribution in [0, 0.1) is 6.92 Å². The number of aryl methyl sites for hydroxylation is 1. The predicted molar refractivity (Wildman–Crippen MR) is 87.5 cm³/mol. The molecule has 2 rings (SSSR count). The fourth-order valence-corrected chi connectivity index (χ4v) is 2.49. The fourth-order valence-electron chi connectivity index (χ4n) is 2.49. The molecule has 0 spiro atoms. The first-order chi connectivity index (χ1) is 10.7. The van der Waals surface area contributed by atoms with Gasteiger partial charge >= 0.3 is 0 Å². The molecule has 0 fully saturated rings. The van der Waals surface area contributed by atoms with Gasteiger partial charge in [0.25, 0.3) is 0 Å². The Balaban J connectivity index is 2.14. The Morgan fingerprint density at radius 3 is 2.91 bits per heavy atom. The Labute approximate surface area is 132 Å². The molecule has 5 nitrogen and oxygen atoms in total. The molecule has 0 unspecified atom stereocenters. The molecule has 0 radical (unpaired) electrons. The number of hydrogen-bond acceptors (Lipinski definition) is 4. The van der Waals surface area contributed by atoms with Crippen LogP contribution in [0.2, 0.25) is 0 Å². The highest BCUT2D eigenvalue weighted by atomic mass is 16.5. The van der Waals surface area contributed by atoms with Crippen molar-refractivity contribution in [2.24, 2.45) is 0 Å². The number of allylic oxidation sites excluding steroid dienone is 1. The van der Waals surface area contributed by atoms with Gasteiger partial charge in [0.15, 0.2) is 0 Å². The van der Waals surface area contributed by atoms with Crippen LogP contribution in [0.5, 0.6) is 0 Å². The van der Waals surface area contributed by atoms with E-state index in [2.05, 4.69) is 34.8 Å². The molecule has 0 aliphatic heterocycles. The highest BCUT2D eigenvalue weighted by Gasteiger charge is 2.19. The molecule has 0 N–H and O–H groups in total. The highest BCUT2D eigenvalue weighted by molar-refractivity contribution is 5.17. The standard InChI is InChI=1S/C17H24N4O/c1-5-10-21-12-15(14(2)19-21)11-20(3)17(13-22-4)16-8-6-7-9-18-16/h5-9,12,17H,1,10-11,13H2,2-4H3/t17-/m1/s1. The summed E-state index contributed by atoms with van der Waals surface area (Å²) in [6.45, 7) is 7.92. The monoisotopic (exact) mass is 300 g/mol. The average Bonchev–Trinajstić information content (AvgIpc) is 2.85. The summed E-state index contributed by atoms with van der Waals surface area (Å²) in [6.07, 6.45) is 5.75. The maximum atomic E-state index is 5.38. The van der Waals surface area contributed by atoms with Crippen molar-refractivity contribution in [2.75, 3.05) is 20.8 Å². The first-order valence-corrected chi connectivity index (χ1v) is 7.39. The maximum absolute atomic E-state index is 5.38. The number of ether oxygens (including phenoxy) is 1. The maximum Gasteiger partial charge on any atom is 0.0757 e. The Morgan fingerprint density at radius 2 is 2.27 bits per heavy atom. The molecule has 0 amide bonds. The van der Waals surface area contributed by atoms with Gasteiger partial charge in [-0.2, -0.15) is 5.10 Å². The minimum absolute atomic E-state index is 0.119. The molecule has 2 aromatic heterocycles. The van der Waals surface area contributed by atoms with Gasteiger partial charge in [-0.3, -0.25) is 14.6 Å². The second kappa shape index (κ2) is 7.87.